The van der Waals surface area contributed by atoms with Crippen molar-refractivity contribution in [2.75, 3.05) is 32.1 Å². The number of rotatable bonds is 5. The number of hydrogen-bond donors (Lipinski definition) is 2. The van der Waals surface area contributed by atoms with Crippen LogP contribution in [-0.4, -0.2) is 59.3 Å². The number of nitrogens with one attached hydrogen (secondary N) is 1. The van der Waals surface area contributed by atoms with Gasteiger partial charge in [0, 0.05) is 26.4 Å². The van der Waals surface area contributed by atoms with E-state index in [4.69, 9.17) is 16.3 Å². The molecule has 6 nitrogen and oxygen atoms in total. The van der Waals surface area contributed by atoms with Crippen LogP contribution in [0, 0.1) is 0 Å². The summed E-state index contributed by atoms with van der Waals surface area (Å²) < 4.78 is 5.39. The lowest BCUT2D eigenvalue weighted by atomic mass is 10.1. The summed E-state index contributed by atoms with van der Waals surface area (Å²) in [5.41, 5.74) is -0.562. The van der Waals surface area contributed by atoms with Gasteiger partial charge in [-0.1, -0.05) is 11.6 Å². The molecular formula is C14H20ClN3O3. The molecule has 21 heavy (non-hydrogen) atoms. The summed E-state index contributed by atoms with van der Waals surface area (Å²) >= 11 is 5.76. The molecular weight excluding hydrogens is 294 g/mol. The molecule has 1 aliphatic heterocycles. The molecule has 1 saturated heterocycles. The zero-order valence-corrected chi connectivity index (χ0v) is 12.9. The number of nitrogens with zero attached hydrogens (tertiary/aromatic N) is 2. The summed E-state index contributed by atoms with van der Waals surface area (Å²) in [6.07, 6.45) is 2.19. The number of anilines is 1. The van der Waals surface area contributed by atoms with Gasteiger partial charge in [-0.15, -0.1) is 0 Å². The van der Waals surface area contributed by atoms with Crippen molar-refractivity contribution in [1.29, 1.82) is 0 Å². The molecule has 1 amide bonds. The summed E-state index contributed by atoms with van der Waals surface area (Å²) in [6.45, 7) is 3.01. The number of carbonyl (C=O) groups excluding carboxylic acids is 1. The number of carbonyl (C=O) groups is 1. The van der Waals surface area contributed by atoms with Crippen molar-refractivity contribution in [3.05, 3.63) is 23.4 Å². The number of aromatic nitrogens is 1. The highest BCUT2D eigenvalue weighted by molar-refractivity contribution is 6.30. The SMILES string of the molecule is COC1(CO)CCN(C(C)C(=O)Nc2ccc(Cl)cn2)C1. The summed E-state index contributed by atoms with van der Waals surface area (Å²) in [7, 11) is 1.59. The van der Waals surface area contributed by atoms with Crippen molar-refractivity contribution in [1.82, 2.24) is 9.88 Å². The molecule has 0 bridgehead atoms. The van der Waals surface area contributed by atoms with Gasteiger partial charge in [-0.05, 0) is 25.5 Å². The van der Waals surface area contributed by atoms with Crippen LogP contribution in [0.15, 0.2) is 18.3 Å². The van der Waals surface area contributed by atoms with Crippen molar-refractivity contribution in [2.24, 2.45) is 0 Å². The maximum absolute atomic E-state index is 12.2. The zero-order chi connectivity index (χ0) is 15.5. The van der Waals surface area contributed by atoms with E-state index < -0.39 is 5.60 Å². The summed E-state index contributed by atoms with van der Waals surface area (Å²) in [6, 6.07) is 3.00. The topological polar surface area (TPSA) is 74.7 Å². The molecule has 1 aromatic rings. The number of likely N-dealkylation sites (tertiary alicyclic amines) is 1. The fourth-order valence-electron chi connectivity index (χ4n) is 2.41. The van der Waals surface area contributed by atoms with Gasteiger partial charge in [-0.25, -0.2) is 4.98 Å². The molecule has 2 heterocycles. The second kappa shape index (κ2) is 6.70. The van der Waals surface area contributed by atoms with Crippen LogP contribution in [0.1, 0.15) is 13.3 Å². The van der Waals surface area contributed by atoms with Gasteiger partial charge in [0.15, 0.2) is 0 Å². The molecule has 0 radical (unpaired) electrons. The van der Waals surface area contributed by atoms with Gasteiger partial charge in [-0.2, -0.15) is 0 Å². The third-order valence-electron chi connectivity index (χ3n) is 3.97. The molecule has 0 aromatic carbocycles. The average molecular weight is 314 g/mol. The van der Waals surface area contributed by atoms with Crippen LogP contribution in [0.2, 0.25) is 5.02 Å². The largest absolute Gasteiger partial charge is 0.393 e. The number of aliphatic hydroxyl groups is 1. The first kappa shape index (κ1) is 16.2. The molecule has 0 spiro atoms. The number of ether oxygens (including phenoxy) is 1. The maximum atomic E-state index is 12.2. The van der Waals surface area contributed by atoms with Gasteiger partial charge in [0.1, 0.15) is 11.4 Å². The standard InChI is InChI=1S/C14H20ClN3O3/c1-10(18-6-5-14(8-18,9-19)21-2)13(20)17-12-4-3-11(15)7-16-12/h3-4,7,10,19H,5-6,8-9H2,1-2H3,(H,16,17,20). The lowest BCUT2D eigenvalue weighted by molar-refractivity contribution is -0.121. The second-order valence-corrected chi connectivity index (χ2v) is 5.73. The summed E-state index contributed by atoms with van der Waals surface area (Å²) in [4.78, 5) is 18.3. The fraction of sp³-hybridized carbons (Fsp3) is 0.571. The Hall–Kier alpha value is -1.21. The van der Waals surface area contributed by atoms with Crippen LogP contribution >= 0.6 is 11.6 Å². The lowest BCUT2D eigenvalue weighted by Crippen LogP contribution is -2.45. The number of halogens is 1. The minimum Gasteiger partial charge on any atom is -0.393 e. The third kappa shape index (κ3) is 3.71. The highest BCUT2D eigenvalue weighted by atomic mass is 35.5. The van der Waals surface area contributed by atoms with E-state index in [2.05, 4.69) is 10.3 Å². The Labute approximate surface area is 129 Å². The molecule has 2 rings (SSSR count). The van der Waals surface area contributed by atoms with Gasteiger partial charge in [-0.3, -0.25) is 9.69 Å². The second-order valence-electron chi connectivity index (χ2n) is 5.29. The molecule has 116 valence electrons. The van der Waals surface area contributed by atoms with Crippen molar-refractivity contribution >= 4 is 23.3 Å². The fourth-order valence-corrected chi connectivity index (χ4v) is 2.52. The zero-order valence-electron chi connectivity index (χ0n) is 12.2. The van der Waals surface area contributed by atoms with E-state index in [9.17, 15) is 9.90 Å². The molecule has 2 unspecified atom stereocenters. The van der Waals surface area contributed by atoms with Gasteiger partial charge in [0.2, 0.25) is 5.91 Å². The predicted molar refractivity (Wildman–Crippen MR) is 80.4 cm³/mol. The molecule has 0 aliphatic carbocycles. The quantitative estimate of drug-likeness (QED) is 0.853. The van der Waals surface area contributed by atoms with E-state index >= 15 is 0 Å². The van der Waals surface area contributed by atoms with Crippen LogP contribution in [-0.2, 0) is 9.53 Å². The van der Waals surface area contributed by atoms with Gasteiger partial charge < -0.3 is 15.2 Å². The Morgan fingerprint density at radius 3 is 2.95 bits per heavy atom. The van der Waals surface area contributed by atoms with Crippen LogP contribution in [0.25, 0.3) is 0 Å². The highest BCUT2D eigenvalue weighted by Crippen LogP contribution is 2.26. The third-order valence-corrected chi connectivity index (χ3v) is 4.20. The van der Waals surface area contributed by atoms with E-state index in [-0.39, 0.29) is 18.6 Å². The first-order valence-electron chi connectivity index (χ1n) is 6.82. The Morgan fingerprint density at radius 2 is 2.43 bits per heavy atom. The molecule has 0 saturated carbocycles. The van der Waals surface area contributed by atoms with E-state index in [0.29, 0.717) is 30.4 Å². The first-order valence-corrected chi connectivity index (χ1v) is 7.20. The van der Waals surface area contributed by atoms with E-state index in [1.807, 2.05) is 11.8 Å². The van der Waals surface area contributed by atoms with Crippen LogP contribution in [0.5, 0.6) is 0 Å². The molecule has 1 aliphatic rings. The normalized spacial score (nSPS) is 24.0. The van der Waals surface area contributed by atoms with E-state index in [1.165, 1.54) is 6.20 Å². The van der Waals surface area contributed by atoms with Crippen molar-refractivity contribution in [3.8, 4) is 0 Å². The minimum atomic E-state index is -0.562. The highest BCUT2D eigenvalue weighted by Gasteiger charge is 2.40. The Kier molecular flexibility index (Phi) is 5.16. The van der Waals surface area contributed by atoms with E-state index in [1.54, 1.807) is 19.2 Å². The van der Waals surface area contributed by atoms with Gasteiger partial charge in [0.05, 0.1) is 17.7 Å². The van der Waals surface area contributed by atoms with Crippen molar-refractivity contribution in [2.45, 2.75) is 25.0 Å². The average Bonchev–Trinajstić information content (AvgIpc) is 2.94. The van der Waals surface area contributed by atoms with Gasteiger partial charge >= 0.3 is 0 Å². The summed E-state index contributed by atoms with van der Waals surface area (Å²) in [5, 5.41) is 12.7. The van der Waals surface area contributed by atoms with E-state index in [0.717, 1.165) is 0 Å². The number of hydrogen-bond acceptors (Lipinski definition) is 5. The molecule has 7 heteroatoms. The monoisotopic (exact) mass is 313 g/mol. The Bertz CT molecular complexity index is 491. The van der Waals surface area contributed by atoms with Gasteiger partial charge in [0.25, 0.3) is 0 Å². The maximum Gasteiger partial charge on any atom is 0.242 e. The molecule has 2 N–H and O–H groups in total. The number of amides is 1. The first-order chi connectivity index (χ1) is 9.99. The number of methoxy groups -OCH3 is 1. The summed E-state index contributed by atoms with van der Waals surface area (Å²) in [5.74, 6) is 0.324. The van der Waals surface area contributed by atoms with Crippen LogP contribution in [0.4, 0.5) is 5.82 Å². The van der Waals surface area contributed by atoms with Crippen LogP contribution < -0.4 is 5.32 Å². The number of pyridine rings is 1. The Balaban J connectivity index is 1.95. The smallest absolute Gasteiger partial charge is 0.242 e. The van der Waals surface area contributed by atoms with Crippen molar-refractivity contribution in [3.63, 3.8) is 0 Å². The predicted octanol–water partition coefficient (Wildman–Crippen LogP) is 1.15. The molecule has 2 atom stereocenters. The number of aliphatic hydroxyl groups excluding tert-OH is 1. The van der Waals surface area contributed by atoms with Crippen LogP contribution in [0.3, 0.4) is 0 Å². The Morgan fingerprint density at radius 1 is 1.67 bits per heavy atom. The molecule has 1 aromatic heterocycles. The minimum absolute atomic E-state index is 0.0485. The lowest BCUT2D eigenvalue weighted by Gasteiger charge is -2.28. The van der Waals surface area contributed by atoms with Crippen molar-refractivity contribution < 1.29 is 14.6 Å². The molecule has 1 fully saturated rings.